The molecule has 15 heavy (non-hydrogen) atoms. The summed E-state index contributed by atoms with van der Waals surface area (Å²) in [5.41, 5.74) is 0.991. The number of carbonyl (C=O) groups is 1. The van der Waals surface area contributed by atoms with Crippen molar-refractivity contribution < 1.29 is 9.22 Å². The largest absolute Gasteiger partial charge is 0.407 e. The maximum atomic E-state index is 10.9. The highest BCUT2D eigenvalue weighted by molar-refractivity contribution is 6.74. The molecule has 1 atom stereocenters. The van der Waals surface area contributed by atoms with Gasteiger partial charge in [0.05, 0.1) is 0 Å². The normalized spacial score (nSPS) is 14.8. The van der Waals surface area contributed by atoms with Crippen molar-refractivity contribution >= 4 is 14.6 Å². The fourth-order valence-electron chi connectivity index (χ4n) is 1.02. The lowest BCUT2D eigenvalue weighted by Gasteiger charge is -2.38. The zero-order valence-corrected chi connectivity index (χ0v) is 11.9. The molecular weight excluding hydrogens is 204 g/mol. The van der Waals surface area contributed by atoms with E-state index in [4.69, 9.17) is 4.43 Å². The van der Waals surface area contributed by atoms with Crippen molar-refractivity contribution in [2.75, 3.05) is 0 Å². The first-order valence-electron chi connectivity index (χ1n) is 5.37. The highest BCUT2D eigenvalue weighted by atomic mass is 28.4. The maximum absolute atomic E-state index is 10.9. The lowest BCUT2D eigenvalue weighted by atomic mass is 10.2. The van der Waals surface area contributed by atoms with Gasteiger partial charge < -0.3 is 9.22 Å². The molecule has 0 saturated heterocycles. The average molecular weight is 228 g/mol. The van der Waals surface area contributed by atoms with Gasteiger partial charge in [0, 0.05) is 0 Å². The van der Waals surface area contributed by atoms with E-state index in [-0.39, 0.29) is 11.1 Å². The van der Waals surface area contributed by atoms with Gasteiger partial charge in [0.1, 0.15) is 12.4 Å². The topological polar surface area (TPSA) is 26.3 Å². The van der Waals surface area contributed by atoms with Gasteiger partial charge in [-0.2, -0.15) is 0 Å². The monoisotopic (exact) mass is 228 g/mol. The zero-order chi connectivity index (χ0) is 12.3. The van der Waals surface area contributed by atoms with Gasteiger partial charge in [-0.3, -0.25) is 0 Å². The van der Waals surface area contributed by atoms with Crippen molar-refractivity contribution in [3.05, 3.63) is 12.2 Å². The molecule has 0 spiro atoms. The van der Waals surface area contributed by atoms with Crippen LogP contribution in [0.2, 0.25) is 18.1 Å². The second-order valence-corrected chi connectivity index (χ2v) is 10.5. The summed E-state index contributed by atoms with van der Waals surface area (Å²) < 4.78 is 5.97. The first-order valence-corrected chi connectivity index (χ1v) is 8.28. The highest BCUT2D eigenvalue weighted by Gasteiger charge is 2.39. The number of hydrogen-bond donors (Lipinski definition) is 0. The quantitative estimate of drug-likeness (QED) is 0.409. The van der Waals surface area contributed by atoms with E-state index >= 15 is 0 Å². The molecule has 0 saturated carbocycles. The van der Waals surface area contributed by atoms with E-state index in [0.717, 1.165) is 11.9 Å². The molecule has 0 aliphatic carbocycles. The summed E-state index contributed by atoms with van der Waals surface area (Å²) >= 11 is 0. The van der Waals surface area contributed by atoms with E-state index in [1.54, 1.807) is 0 Å². The molecule has 0 aliphatic rings. The van der Waals surface area contributed by atoms with Crippen LogP contribution in [-0.4, -0.2) is 20.7 Å². The van der Waals surface area contributed by atoms with Gasteiger partial charge >= 0.3 is 0 Å². The summed E-state index contributed by atoms with van der Waals surface area (Å²) in [6.07, 6.45) is 1.22. The van der Waals surface area contributed by atoms with E-state index < -0.39 is 8.32 Å². The third-order valence-corrected chi connectivity index (χ3v) is 7.46. The van der Waals surface area contributed by atoms with Crippen LogP contribution in [0, 0.1) is 0 Å². The maximum Gasteiger partial charge on any atom is 0.193 e. The van der Waals surface area contributed by atoms with Crippen LogP contribution in [0.15, 0.2) is 12.2 Å². The Labute approximate surface area is 94.8 Å². The minimum Gasteiger partial charge on any atom is -0.407 e. The zero-order valence-electron chi connectivity index (χ0n) is 10.9. The van der Waals surface area contributed by atoms with Crippen molar-refractivity contribution in [3.63, 3.8) is 0 Å². The molecule has 3 heteroatoms. The number of carbonyl (C=O) groups excluding carboxylic acids is 1. The summed E-state index contributed by atoms with van der Waals surface area (Å²) in [4.78, 5) is 10.9. The van der Waals surface area contributed by atoms with Crippen LogP contribution >= 0.6 is 0 Å². The van der Waals surface area contributed by atoms with Gasteiger partial charge in [0.2, 0.25) is 0 Å². The Balaban J connectivity index is 4.54. The van der Waals surface area contributed by atoms with Crippen LogP contribution in [0.25, 0.3) is 0 Å². The molecule has 0 aromatic rings. The van der Waals surface area contributed by atoms with Gasteiger partial charge in [-0.05, 0) is 31.5 Å². The molecule has 0 amide bonds. The molecule has 0 aromatic heterocycles. The van der Waals surface area contributed by atoms with E-state index in [1.165, 1.54) is 0 Å². The van der Waals surface area contributed by atoms with Crippen molar-refractivity contribution in [1.29, 1.82) is 0 Å². The third kappa shape index (κ3) is 4.75. The van der Waals surface area contributed by atoms with Gasteiger partial charge in [0.25, 0.3) is 0 Å². The van der Waals surface area contributed by atoms with E-state index in [1.807, 2.05) is 6.92 Å². The van der Waals surface area contributed by atoms with E-state index in [2.05, 4.69) is 40.4 Å². The molecule has 0 radical (unpaired) electrons. The van der Waals surface area contributed by atoms with Crippen LogP contribution in [-0.2, 0) is 9.22 Å². The standard InChI is InChI=1S/C12H24O2Si/c1-10(2)8-11(9-13)14-15(6,7)12(3,4)5/h9,11H,1,8H2,2-7H3. The summed E-state index contributed by atoms with van der Waals surface area (Å²) in [7, 11) is -1.83. The van der Waals surface area contributed by atoms with Gasteiger partial charge in [0.15, 0.2) is 8.32 Å². The summed E-state index contributed by atoms with van der Waals surface area (Å²) in [5.74, 6) is 0. The van der Waals surface area contributed by atoms with Gasteiger partial charge in [-0.25, -0.2) is 0 Å². The minimum atomic E-state index is -1.83. The minimum absolute atomic E-state index is 0.142. The molecule has 0 bridgehead atoms. The highest BCUT2D eigenvalue weighted by Crippen LogP contribution is 2.37. The molecule has 2 nitrogen and oxygen atoms in total. The molecule has 0 N–H and O–H groups in total. The fourth-order valence-corrected chi connectivity index (χ4v) is 2.27. The van der Waals surface area contributed by atoms with Crippen LogP contribution in [0.4, 0.5) is 0 Å². The van der Waals surface area contributed by atoms with Crippen molar-refractivity contribution in [3.8, 4) is 0 Å². The molecule has 0 fully saturated rings. The Bertz CT molecular complexity index is 238. The number of rotatable bonds is 5. The van der Waals surface area contributed by atoms with Crippen LogP contribution in [0.3, 0.4) is 0 Å². The Hall–Kier alpha value is -0.413. The smallest absolute Gasteiger partial charge is 0.193 e. The lowest BCUT2D eigenvalue weighted by molar-refractivity contribution is -0.114. The first-order chi connectivity index (χ1) is 6.60. The SMILES string of the molecule is C=C(C)CC(C=O)O[Si](C)(C)C(C)(C)C. The predicted octanol–water partition coefficient (Wildman–Crippen LogP) is 3.54. The second kappa shape index (κ2) is 5.08. The second-order valence-electron chi connectivity index (χ2n) is 5.71. The Morgan fingerprint density at radius 1 is 1.47 bits per heavy atom. The number of hydrogen-bond acceptors (Lipinski definition) is 2. The summed E-state index contributed by atoms with van der Waals surface area (Å²) in [5, 5.41) is 0.142. The Kier molecular flexibility index (Phi) is 4.94. The van der Waals surface area contributed by atoms with Gasteiger partial charge in [-0.1, -0.05) is 26.3 Å². The van der Waals surface area contributed by atoms with Crippen molar-refractivity contribution in [2.24, 2.45) is 0 Å². The molecule has 1 unspecified atom stereocenters. The fraction of sp³-hybridized carbons (Fsp3) is 0.750. The summed E-state index contributed by atoms with van der Waals surface area (Å²) in [6.45, 7) is 16.5. The molecule has 0 heterocycles. The van der Waals surface area contributed by atoms with Crippen LogP contribution in [0.5, 0.6) is 0 Å². The average Bonchev–Trinajstić information content (AvgIpc) is 1.99. The van der Waals surface area contributed by atoms with Crippen LogP contribution < -0.4 is 0 Å². The first kappa shape index (κ1) is 14.6. The van der Waals surface area contributed by atoms with Crippen molar-refractivity contribution in [2.45, 2.75) is 58.4 Å². The van der Waals surface area contributed by atoms with E-state index in [9.17, 15) is 4.79 Å². The molecule has 0 aliphatic heterocycles. The van der Waals surface area contributed by atoms with Gasteiger partial charge in [-0.15, -0.1) is 6.58 Å². The molecule has 0 rings (SSSR count). The predicted molar refractivity (Wildman–Crippen MR) is 67.6 cm³/mol. The Morgan fingerprint density at radius 3 is 2.20 bits per heavy atom. The van der Waals surface area contributed by atoms with Crippen molar-refractivity contribution in [1.82, 2.24) is 0 Å². The molecule has 88 valence electrons. The molecular formula is C12H24O2Si. The number of aldehydes is 1. The van der Waals surface area contributed by atoms with E-state index in [0.29, 0.717) is 6.42 Å². The molecule has 0 aromatic carbocycles. The van der Waals surface area contributed by atoms with Crippen LogP contribution in [0.1, 0.15) is 34.1 Å². The third-order valence-electron chi connectivity index (χ3n) is 2.95. The Morgan fingerprint density at radius 2 is 1.93 bits per heavy atom. The summed E-state index contributed by atoms with van der Waals surface area (Å²) in [6, 6.07) is 0. The lowest BCUT2D eigenvalue weighted by Crippen LogP contribution is -2.44.